The lowest BCUT2D eigenvalue weighted by atomic mass is 9.87. The fourth-order valence-corrected chi connectivity index (χ4v) is 1.98. The van der Waals surface area contributed by atoms with Crippen LogP contribution in [0.1, 0.15) is 36.7 Å². The minimum absolute atomic E-state index is 0.0419. The van der Waals surface area contributed by atoms with Crippen LogP contribution >= 0.6 is 0 Å². The van der Waals surface area contributed by atoms with Crippen molar-refractivity contribution in [1.29, 1.82) is 0 Å². The molecule has 0 heterocycles. The van der Waals surface area contributed by atoms with E-state index in [1.54, 1.807) is 36.4 Å². The molecule has 2 aromatic carbocycles. The molecule has 4 nitrogen and oxygen atoms in total. The van der Waals surface area contributed by atoms with Gasteiger partial charge in [0.05, 0.1) is 5.69 Å². The zero-order valence-corrected chi connectivity index (χ0v) is 12.5. The molecule has 0 radical (unpaired) electrons. The van der Waals surface area contributed by atoms with E-state index in [-0.39, 0.29) is 17.1 Å². The quantitative estimate of drug-likeness (QED) is 0.583. The number of rotatable bonds is 2. The Labute approximate surface area is 124 Å². The summed E-state index contributed by atoms with van der Waals surface area (Å²) < 4.78 is 0. The molecule has 0 atom stereocenters. The number of hydrogen-bond acceptors (Lipinski definition) is 3. The molecule has 4 N–H and O–H groups in total. The second-order valence-corrected chi connectivity index (χ2v) is 6.06. The van der Waals surface area contributed by atoms with Crippen molar-refractivity contribution in [2.24, 2.45) is 0 Å². The van der Waals surface area contributed by atoms with Crippen LogP contribution in [-0.2, 0) is 5.41 Å². The van der Waals surface area contributed by atoms with Crippen molar-refractivity contribution in [3.05, 3.63) is 53.6 Å². The van der Waals surface area contributed by atoms with Gasteiger partial charge in [-0.3, -0.25) is 4.79 Å². The van der Waals surface area contributed by atoms with E-state index < -0.39 is 0 Å². The van der Waals surface area contributed by atoms with Crippen LogP contribution in [0, 0.1) is 0 Å². The molecule has 1 amide bonds. The first-order valence-electron chi connectivity index (χ1n) is 6.78. The summed E-state index contributed by atoms with van der Waals surface area (Å²) in [7, 11) is 0. The van der Waals surface area contributed by atoms with Crippen LogP contribution in [-0.4, -0.2) is 11.0 Å². The molecule has 4 heteroatoms. The summed E-state index contributed by atoms with van der Waals surface area (Å²) in [5.74, 6) is -0.260. The van der Waals surface area contributed by atoms with E-state index in [9.17, 15) is 9.90 Å². The summed E-state index contributed by atoms with van der Waals surface area (Å²) in [4.78, 5) is 12.2. The number of benzene rings is 2. The predicted molar refractivity (Wildman–Crippen MR) is 85.6 cm³/mol. The lowest BCUT2D eigenvalue weighted by Gasteiger charge is -2.20. The summed E-state index contributed by atoms with van der Waals surface area (Å²) >= 11 is 0. The van der Waals surface area contributed by atoms with E-state index in [1.165, 1.54) is 0 Å². The standard InChI is InChI=1S/C17H20N2O2/c1-17(2,3)12-7-8-15(20)14(10-12)19-16(21)11-5-4-6-13(18)9-11/h4-10,20H,18H2,1-3H3,(H,19,21). The zero-order chi connectivity index (χ0) is 15.6. The molecule has 0 aliphatic heterocycles. The Kier molecular flexibility index (Phi) is 3.89. The van der Waals surface area contributed by atoms with E-state index in [2.05, 4.69) is 26.1 Å². The number of anilines is 2. The van der Waals surface area contributed by atoms with Crippen LogP contribution in [0.2, 0.25) is 0 Å². The van der Waals surface area contributed by atoms with Crippen molar-refractivity contribution < 1.29 is 9.90 Å². The number of hydrogen-bond donors (Lipinski definition) is 3. The summed E-state index contributed by atoms with van der Waals surface area (Å²) in [5, 5.41) is 12.6. The lowest BCUT2D eigenvalue weighted by molar-refractivity contribution is 0.102. The summed E-state index contributed by atoms with van der Waals surface area (Å²) in [6, 6.07) is 11.9. The van der Waals surface area contributed by atoms with Gasteiger partial charge < -0.3 is 16.2 Å². The maximum Gasteiger partial charge on any atom is 0.255 e. The van der Waals surface area contributed by atoms with Crippen LogP contribution in [0.3, 0.4) is 0 Å². The first-order valence-corrected chi connectivity index (χ1v) is 6.78. The third-order valence-corrected chi connectivity index (χ3v) is 3.26. The van der Waals surface area contributed by atoms with Gasteiger partial charge in [-0.1, -0.05) is 32.9 Å². The van der Waals surface area contributed by atoms with Crippen LogP contribution in [0.4, 0.5) is 11.4 Å². The SMILES string of the molecule is CC(C)(C)c1ccc(O)c(NC(=O)c2cccc(N)c2)c1. The van der Waals surface area contributed by atoms with Gasteiger partial charge in [0.15, 0.2) is 0 Å². The van der Waals surface area contributed by atoms with E-state index in [0.717, 1.165) is 5.56 Å². The normalized spacial score (nSPS) is 11.2. The molecule has 0 unspecified atom stereocenters. The average Bonchev–Trinajstić information content (AvgIpc) is 2.40. The van der Waals surface area contributed by atoms with Crippen molar-refractivity contribution in [1.82, 2.24) is 0 Å². The maximum absolute atomic E-state index is 12.2. The van der Waals surface area contributed by atoms with Crippen molar-refractivity contribution in [3.8, 4) is 5.75 Å². The summed E-state index contributed by atoms with van der Waals surface area (Å²) in [5.41, 5.74) is 8.01. The number of nitrogens with one attached hydrogen (secondary N) is 1. The first kappa shape index (κ1) is 14.9. The van der Waals surface area contributed by atoms with Crippen LogP contribution in [0.5, 0.6) is 5.75 Å². The van der Waals surface area contributed by atoms with Crippen LogP contribution in [0.15, 0.2) is 42.5 Å². The number of phenols is 1. The molecule has 21 heavy (non-hydrogen) atoms. The van der Waals surface area contributed by atoms with Crippen molar-refractivity contribution in [2.45, 2.75) is 26.2 Å². The molecule has 0 saturated heterocycles. The third-order valence-electron chi connectivity index (χ3n) is 3.26. The van der Waals surface area contributed by atoms with Crippen molar-refractivity contribution >= 4 is 17.3 Å². The Balaban J connectivity index is 2.29. The molecule has 0 aliphatic rings. The van der Waals surface area contributed by atoms with E-state index in [4.69, 9.17) is 5.73 Å². The number of carbonyl (C=O) groups excluding carboxylic acids is 1. The number of carbonyl (C=O) groups is 1. The summed E-state index contributed by atoms with van der Waals surface area (Å²) in [6.45, 7) is 6.22. The monoisotopic (exact) mass is 284 g/mol. The minimum Gasteiger partial charge on any atom is -0.506 e. The second-order valence-electron chi connectivity index (χ2n) is 6.06. The van der Waals surface area contributed by atoms with Gasteiger partial charge in [-0.05, 0) is 41.3 Å². The number of phenolic OH excluding ortho intramolecular Hbond substituents is 1. The van der Waals surface area contributed by atoms with Crippen molar-refractivity contribution in [2.75, 3.05) is 11.1 Å². The fraction of sp³-hybridized carbons (Fsp3) is 0.235. The molecule has 110 valence electrons. The minimum atomic E-state index is -0.302. The smallest absolute Gasteiger partial charge is 0.255 e. The van der Waals surface area contributed by atoms with E-state index >= 15 is 0 Å². The Morgan fingerprint density at radius 2 is 1.86 bits per heavy atom. The molecule has 0 aromatic heterocycles. The molecule has 0 fully saturated rings. The highest BCUT2D eigenvalue weighted by Gasteiger charge is 2.16. The molecule has 0 spiro atoms. The molecule has 0 aliphatic carbocycles. The van der Waals surface area contributed by atoms with E-state index in [1.807, 2.05) is 6.07 Å². The highest BCUT2D eigenvalue weighted by atomic mass is 16.3. The van der Waals surface area contributed by atoms with Crippen LogP contribution in [0.25, 0.3) is 0 Å². The van der Waals surface area contributed by atoms with Gasteiger partial charge in [-0.15, -0.1) is 0 Å². The number of aromatic hydroxyl groups is 1. The number of amides is 1. The van der Waals surface area contributed by atoms with Gasteiger partial charge >= 0.3 is 0 Å². The predicted octanol–water partition coefficient (Wildman–Crippen LogP) is 3.52. The Hall–Kier alpha value is -2.49. The molecule has 2 rings (SSSR count). The Morgan fingerprint density at radius 3 is 2.48 bits per heavy atom. The van der Waals surface area contributed by atoms with Gasteiger partial charge in [0, 0.05) is 11.3 Å². The van der Waals surface area contributed by atoms with Gasteiger partial charge in [0.1, 0.15) is 5.75 Å². The Bertz CT molecular complexity index is 673. The third kappa shape index (κ3) is 3.54. The van der Waals surface area contributed by atoms with Gasteiger partial charge in [-0.2, -0.15) is 0 Å². The topological polar surface area (TPSA) is 75.3 Å². The highest BCUT2D eigenvalue weighted by molar-refractivity contribution is 6.05. The maximum atomic E-state index is 12.2. The van der Waals surface area contributed by atoms with Gasteiger partial charge in [0.25, 0.3) is 5.91 Å². The molecular formula is C17H20N2O2. The first-order chi connectivity index (χ1) is 9.77. The highest BCUT2D eigenvalue weighted by Crippen LogP contribution is 2.31. The molecule has 0 bridgehead atoms. The fourth-order valence-electron chi connectivity index (χ4n) is 1.98. The van der Waals surface area contributed by atoms with Crippen LogP contribution < -0.4 is 11.1 Å². The number of nitrogen functional groups attached to an aromatic ring is 1. The van der Waals surface area contributed by atoms with Crippen molar-refractivity contribution in [3.63, 3.8) is 0 Å². The average molecular weight is 284 g/mol. The zero-order valence-electron chi connectivity index (χ0n) is 12.5. The molecular weight excluding hydrogens is 264 g/mol. The summed E-state index contributed by atoms with van der Waals surface area (Å²) in [6.07, 6.45) is 0. The lowest BCUT2D eigenvalue weighted by Crippen LogP contribution is -2.15. The second kappa shape index (κ2) is 5.48. The van der Waals surface area contributed by atoms with E-state index in [0.29, 0.717) is 16.9 Å². The van der Waals surface area contributed by atoms with Gasteiger partial charge in [-0.25, -0.2) is 0 Å². The van der Waals surface area contributed by atoms with Gasteiger partial charge in [0.2, 0.25) is 0 Å². The number of nitrogens with two attached hydrogens (primary N) is 1. The molecule has 2 aromatic rings. The largest absolute Gasteiger partial charge is 0.506 e. The molecule has 0 saturated carbocycles. The Morgan fingerprint density at radius 1 is 1.14 bits per heavy atom.